The molecular formula is C22H25N7O. The number of aryl methyl sites for hydroxylation is 2. The summed E-state index contributed by atoms with van der Waals surface area (Å²) >= 11 is 0. The van der Waals surface area contributed by atoms with E-state index < -0.39 is 0 Å². The maximum Gasteiger partial charge on any atom is 0.162 e. The Morgan fingerprint density at radius 3 is 2.83 bits per heavy atom. The van der Waals surface area contributed by atoms with Crippen LogP contribution in [0, 0.1) is 13.8 Å². The quantitative estimate of drug-likeness (QED) is 0.565. The number of anilines is 1. The van der Waals surface area contributed by atoms with Gasteiger partial charge < -0.3 is 9.64 Å². The lowest BCUT2D eigenvalue weighted by Gasteiger charge is -2.34. The van der Waals surface area contributed by atoms with Crippen molar-refractivity contribution in [2.75, 3.05) is 24.7 Å². The predicted molar refractivity (Wildman–Crippen MR) is 116 cm³/mol. The Morgan fingerprint density at radius 2 is 2.07 bits per heavy atom. The Labute approximate surface area is 174 Å². The molecule has 0 aliphatic carbocycles. The maximum absolute atomic E-state index is 5.64. The number of nitrogens with zero attached hydrogens (tertiary/aromatic N) is 6. The van der Waals surface area contributed by atoms with Crippen molar-refractivity contribution in [3.63, 3.8) is 0 Å². The number of aromatic amines is 1. The fourth-order valence-electron chi connectivity index (χ4n) is 4.21. The Morgan fingerprint density at radius 1 is 1.20 bits per heavy atom. The van der Waals surface area contributed by atoms with Crippen molar-refractivity contribution in [1.82, 2.24) is 29.9 Å². The van der Waals surface area contributed by atoms with Crippen LogP contribution in [0.4, 0.5) is 5.82 Å². The topological polar surface area (TPSA) is 84.8 Å². The SMILES string of the molecule is Cc1nn(C)c(C)c1-c1cc(N2CCOC[C@H]2C)nc(-c2cccc3[nH]ncc23)n1. The molecule has 0 saturated carbocycles. The molecule has 0 radical (unpaired) electrons. The van der Waals surface area contributed by atoms with Crippen molar-refractivity contribution in [3.8, 4) is 22.6 Å². The summed E-state index contributed by atoms with van der Waals surface area (Å²) in [4.78, 5) is 12.3. The normalized spacial score (nSPS) is 17.1. The molecule has 8 nitrogen and oxygen atoms in total. The number of fused-ring (bicyclic) bond motifs is 1. The Bertz CT molecular complexity index is 1230. The Balaban J connectivity index is 1.74. The molecule has 4 aromatic rings. The van der Waals surface area contributed by atoms with E-state index in [1.807, 2.05) is 43.0 Å². The molecule has 5 rings (SSSR count). The number of ether oxygens (including phenoxy) is 1. The largest absolute Gasteiger partial charge is 0.377 e. The average Bonchev–Trinajstić information content (AvgIpc) is 3.32. The lowest BCUT2D eigenvalue weighted by molar-refractivity contribution is 0.0985. The van der Waals surface area contributed by atoms with Crippen LogP contribution in [0.25, 0.3) is 33.5 Å². The number of benzene rings is 1. The molecule has 1 N–H and O–H groups in total. The van der Waals surface area contributed by atoms with E-state index in [2.05, 4.69) is 40.1 Å². The summed E-state index contributed by atoms with van der Waals surface area (Å²) in [7, 11) is 1.96. The van der Waals surface area contributed by atoms with Gasteiger partial charge in [0.05, 0.1) is 42.4 Å². The highest BCUT2D eigenvalue weighted by Gasteiger charge is 2.24. The van der Waals surface area contributed by atoms with Gasteiger partial charge in [0.15, 0.2) is 5.82 Å². The number of hydrogen-bond donors (Lipinski definition) is 1. The first-order valence-electron chi connectivity index (χ1n) is 10.2. The summed E-state index contributed by atoms with van der Waals surface area (Å²) in [6.07, 6.45) is 1.83. The number of morpholine rings is 1. The number of rotatable bonds is 3. The summed E-state index contributed by atoms with van der Waals surface area (Å²) in [6.45, 7) is 8.46. The summed E-state index contributed by atoms with van der Waals surface area (Å²) in [5.41, 5.74) is 5.92. The summed E-state index contributed by atoms with van der Waals surface area (Å²) in [5, 5.41) is 12.8. The summed E-state index contributed by atoms with van der Waals surface area (Å²) in [6, 6.07) is 8.39. The van der Waals surface area contributed by atoms with Crippen LogP contribution in [0.5, 0.6) is 0 Å². The van der Waals surface area contributed by atoms with Crippen LogP contribution < -0.4 is 4.90 Å². The smallest absolute Gasteiger partial charge is 0.162 e. The van der Waals surface area contributed by atoms with Crippen LogP contribution in [0.1, 0.15) is 18.3 Å². The van der Waals surface area contributed by atoms with E-state index in [0.29, 0.717) is 19.0 Å². The lowest BCUT2D eigenvalue weighted by atomic mass is 10.1. The summed E-state index contributed by atoms with van der Waals surface area (Å²) in [5.74, 6) is 1.60. The molecule has 1 saturated heterocycles. The molecule has 0 bridgehead atoms. The molecule has 0 amide bonds. The molecule has 0 spiro atoms. The Hall–Kier alpha value is -3.26. The number of nitrogens with one attached hydrogen (secondary N) is 1. The van der Waals surface area contributed by atoms with Gasteiger partial charge in [-0.05, 0) is 26.8 Å². The van der Waals surface area contributed by atoms with E-state index in [9.17, 15) is 0 Å². The standard InChI is InChI=1S/C22H25N7O/c1-13-12-30-9-8-29(13)20-10-19(21-14(2)27-28(4)15(21)3)24-22(25-20)16-6-5-7-18-17(16)11-23-26-18/h5-7,10-11,13H,8-9,12H2,1-4H3,(H,23,26)/t13-/m1/s1. The van der Waals surface area contributed by atoms with Crippen LogP contribution in [0.2, 0.25) is 0 Å². The second kappa shape index (κ2) is 7.21. The van der Waals surface area contributed by atoms with Gasteiger partial charge in [-0.15, -0.1) is 0 Å². The first-order chi connectivity index (χ1) is 14.5. The second-order valence-corrected chi connectivity index (χ2v) is 7.86. The minimum absolute atomic E-state index is 0.246. The van der Waals surface area contributed by atoms with Crippen molar-refractivity contribution >= 4 is 16.7 Å². The van der Waals surface area contributed by atoms with E-state index in [-0.39, 0.29) is 6.04 Å². The fraction of sp³-hybridized carbons (Fsp3) is 0.364. The molecule has 1 atom stereocenters. The van der Waals surface area contributed by atoms with Crippen molar-refractivity contribution in [2.45, 2.75) is 26.8 Å². The van der Waals surface area contributed by atoms with Gasteiger partial charge in [0.25, 0.3) is 0 Å². The third-order valence-electron chi connectivity index (χ3n) is 5.87. The van der Waals surface area contributed by atoms with Crippen LogP contribution in [0.3, 0.4) is 0 Å². The van der Waals surface area contributed by atoms with E-state index in [1.165, 1.54) is 0 Å². The minimum atomic E-state index is 0.246. The molecule has 30 heavy (non-hydrogen) atoms. The molecule has 1 fully saturated rings. The monoisotopic (exact) mass is 403 g/mol. The van der Waals surface area contributed by atoms with Crippen LogP contribution >= 0.6 is 0 Å². The predicted octanol–water partition coefficient (Wildman–Crippen LogP) is 3.26. The number of H-pyrrole nitrogens is 1. The highest BCUT2D eigenvalue weighted by molar-refractivity contribution is 5.93. The van der Waals surface area contributed by atoms with Gasteiger partial charge in [-0.25, -0.2) is 9.97 Å². The van der Waals surface area contributed by atoms with Gasteiger partial charge in [-0.3, -0.25) is 9.78 Å². The van der Waals surface area contributed by atoms with Crippen LogP contribution in [-0.4, -0.2) is 55.7 Å². The van der Waals surface area contributed by atoms with Gasteiger partial charge in [0.2, 0.25) is 0 Å². The zero-order chi connectivity index (χ0) is 20.8. The molecule has 4 heterocycles. The molecule has 1 aromatic carbocycles. The minimum Gasteiger partial charge on any atom is -0.377 e. The van der Waals surface area contributed by atoms with E-state index in [1.54, 1.807) is 0 Å². The van der Waals surface area contributed by atoms with Crippen LogP contribution in [-0.2, 0) is 11.8 Å². The molecule has 1 aliphatic rings. The van der Waals surface area contributed by atoms with Crippen molar-refractivity contribution in [3.05, 3.63) is 41.9 Å². The molecule has 3 aromatic heterocycles. The van der Waals surface area contributed by atoms with Crippen molar-refractivity contribution < 1.29 is 4.74 Å². The van der Waals surface area contributed by atoms with Gasteiger partial charge in [-0.1, -0.05) is 12.1 Å². The fourth-order valence-corrected chi connectivity index (χ4v) is 4.21. The zero-order valence-corrected chi connectivity index (χ0v) is 17.7. The van der Waals surface area contributed by atoms with Gasteiger partial charge in [-0.2, -0.15) is 10.2 Å². The summed E-state index contributed by atoms with van der Waals surface area (Å²) < 4.78 is 7.54. The van der Waals surface area contributed by atoms with E-state index in [0.717, 1.165) is 51.5 Å². The molecule has 0 unspecified atom stereocenters. The lowest BCUT2D eigenvalue weighted by Crippen LogP contribution is -2.44. The highest BCUT2D eigenvalue weighted by Crippen LogP contribution is 2.33. The Kier molecular flexibility index (Phi) is 4.51. The van der Waals surface area contributed by atoms with E-state index >= 15 is 0 Å². The maximum atomic E-state index is 5.64. The first kappa shape index (κ1) is 18.7. The zero-order valence-electron chi connectivity index (χ0n) is 17.7. The van der Waals surface area contributed by atoms with Gasteiger partial charge in [0.1, 0.15) is 5.82 Å². The highest BCUT2D eigenvalue weighted by atomic mass is 16.5. The number of aromatic nitrogens is 6. The molecule has 1 aliphatic heterocycles. The van der Waals surface area contributed by atoms with Crippen molar-refractivity contribution in [1.29, 1.82) is 0 Å². The van der Waals surface area contributed by atoms with Gasteiger partial charge in [0, 0.05) is 41.9 Å². The molecule has 8 heteroatoms. The second-order valence-electron chi connectivity index (χ2n) is 7.86. The molecule has 154 valence electrons. The average molecular weight is 403 g/mol. The van der Waals surface area contributed by atoms with E-state index in [4.69, 9.17) is 14.7 Å². The number of hydrogen-bond acceptors (Lipinski definition) is 6. The van der Waals surface area contributed by atoms with Crippen LogP contribution in [0.15, 0.2) is 30.5 Å². The third kappa shape index (κ3) is 3.04. The third-order valence-corrected chi connectivity index (χ3v) is 5.87. The van der Waals surface area contributed by atoms with Gasteiger partial charge >= 0.3 is 0 Å². The molecular weight excluding hydrogens is 378 g/mol. The van der Waals surface area contributed by atoms with Crippen molar-refractivity contribution in [2.24, 2.45) is 7.05 Å². The first-order valence-corrected chi connectivity index (χ1v) is 10.2.